The van der Waals surface area contributed by atoms with Gasteiger partial charge in [0.1, 0.15) is 5.75 Å². The first kappa shape index (κ1) is 13.8. The predicted octanol–water partition coefficient (Wildman–Crippen LogP) is 2.86. The molecule has 0 spiro atoms. The Bertz CT molecular complexity index is 871. The summed E-state index contributed by atoms with van der Waals surface area (Å²) in [4.78, 5) is 19.7. The summed E-state index contributed by atoms with van der Waals surface area (Å²) in [7, 11) is 0. The lowest BCUT2D eigenvalue weighted by atomic mass is 9.94. The average molecular weight is 307 g/mol. The number of hydrogen-bond acceptors (Lipinski definition) is 3. The molecule has 1 amide bonds. The number of para-hydroxylation sites is 1. The Morgan fingerprint density at radius 1 is 1.35 bits per heavy atom. The second-order valence-electron chi connectivity index (χ2n) is 5.85. The van der Waals surface area contributed by atoms with Crippen molar-refractivity contribution in [3.05, 3.63) is 59.9 Å². The van der Waals surface area contributed by atoms with Crippen LogP contribution in [0.1, 0.15) is 28.8 Å². The lowest BCUT2D eigenvalue weighted by Gasteiger charge is -2.20. The van der Waals surface area contributed by atoms with E-state index >= 15 is 0 Å². The number of aromatic nitrogens is 2. The molecule has 0 aliphatic carbocycles. The number of aromatic amines is 1. The Labute approximate surface area is 133 Å². The van der Waals surface area contributed by atoms with Gasteiger partial charge in [0.05, 0.1) is 24.0 Å². The van der Waals surface area contributed by atoms with Gasteiger partial charge in [-0.1, -0.05) is 18.2 Å². The summed E-state index contributed by atoms with van der Waals surface area (Å²) in [5, 5.41) is 3.08. The molecule has 2 aromatic carbocycles. The largest absolute Gasteiger partial charge is 0.493 e. The molecule has 0 unspecified atom stereocenters. The standard InChI is InChI=1S/C18H17N3O2/c1-11(14-9-23-17-5-3-2-4-13(14)17)21-18(22)12-6-7-15-16(8-12)20-10-19-15/h2-8,10-11,14H,9H2,1H3,(H,19,20)(H,21,22)/t11-,14-/m1/s1. The van der Waals surface area contributed by atoms with Crippen molar-refractivity contribution in [2.75, 3.05) is 6.61 Å². The fourth-order valence-corrected chi connectivity index (χ4v) is 3.07. The van der Waals surface area contributed by atoms with Crippen molar-refractivity contribution >= 4 is 16.9 Å². The SMILES string of the molecule is C[C@@H](NC(=O)c1ccc2nc[nH]c2c1)[C@H]1COc2ccccc21. The van der Waals surface area contributed by atoms with E-state index < -0.39 is 0 Å². The Balaban J connectivity index is 1.52. The molecule has 3 aromatic rings. The molecule has 4 rings (SSSR count). The maximum atomic E-state index is 12.5. The summed E-state index contributed by atoms with van der Waals surface area (Å²) < 4.78 is 5.70. The first-order valence-electron chi connectivity index (χ1n) is 7.68. The number of benzene rings is 2. The summed E-state index contributed by atoms with van der Waals surface area (Å²) >= 11 is 0. The third-order valence-corrected chi connectivity index (χ3v) is 4.38. The van der Waals surface area contributed by atoms with Gasteiger partial charge in [0, 0.05) is 23.1 Å². The zero-order chi connectivity index (χ0) is 15.8. The fraction of sp³-hybridized carbons (Fsp3) is 0.222. The molecule has 5 nitrogen and oxygen atoms in total. The number of rotatable bonds is 3. The number of ether oxygens (including phenoxy) is 1. The van der Waals surface area contributed by atoms with Crippen molar-refractivity contribution in [1.82, 2.24) is 15.3 Å². The van der Waals surface area contributed by atoms with Crippen LogP contribution >= 0.6 is 0 Å². The van der Waals surface area contributed by atoms with Gasteiger partial charge in [-0.3, -0.25) is 4.79 Å². The number of H-pyrrole nitrogens is 1. The monoisotopic (exact) mass is 307 g/mol. The average Bonchev–Trinajstić information content (AvgIpc) is 3.20. The van der Waals surface area contributed by atoms with Gasteiger partial charge < -0.3 is 15.0 Å². The number of fused-ring (bicyclic) bond motifs is 2. The van der Waals surface area contributed by atoms with Gasteiger partial charge >= 0.3 is 0 Å². The van der Waals surface area contributed by atoms with E-state index in [4.69, 9.17) is 4.74 Å². The zero-order valence-electron chi connectivity index (χ0n) is 12.7. The van der Waals surface area contributed by atoms with Crippen LogP contribution in [0.4, 0.5) is 0 Å². The molecule has 1 aromatic heterocycles. The van der Waals surface area contributed by atoms with Gasteiger partial charge in [0.15, 0.2) is 0 Å². The highest BCUT2D eigenvalue weighted by Gasteiger charge is 2.29. The third kappa shape index (κ3) is 2.44. The fourth-order valence-electron chi connectivity index (χ4n) is 3.07. The second kappa shape index (κ2) is 5.43. The zero-order valence-corrected chi connectivity index (χ0v) is 12.7. The lowest BCUT2D eigenvalue weighted by molar-refractivity contribution is 0.0932. The quantitative estimate of drug-likeness (QED) is 0.782. The summed E-state index contributed by atoms with van der Waals surface area (Å²) in [6.07, 6.45) is 1.63. The van der Waals surface area contributed by atoms with Gasteiger partial charge in [0.2, 0.25) is 0 Å². The van der Waals surface area contributed by atoms with Gasteiger partial charge in [-0.15, -0.1) is 0 Å². The molecule has 2 atom stereocenters. The molecular formula is C18H17N3O2. The van der Waals surface area contributed by atoms with Crippen LogP contribution < -0.4 is 10.1 Å². The first-order chi connectivity index (χ1) is 11.2. The van der Waals surface area contributed by atoms with E-state index in [1.165, 1.54) is 0 Å². The van der Waals surface area contributed by atoms with E-state index in [9.17, 15) is 4.79 Å². The van der Waals surface area contributed by atoms with Crippen molar-refractivity contribution in [2.45, 2.75) is 18.9 Å². The Morgan fingerprint density at radius 3 is 3.13 bits per heavy atom. The minimum absolute atomic E-state index is 0.0105. The molecule has 2 heterocycles. The number of carbonyl (C=O) groups is 1. The van der Waals surface area contributed by atoms with Crippen molar-refractivity contribution in [1.29, 1.82) is 0 Å². The molecular weight excluding hydrogens is 290 g/mol. The summed E-state index contributed by atoms with van der Waals surface area (Å²) in [6.45, 7) is 2.61. The molecule has 0 saturated heterocycles. The Kier molecular flexibility index (Phi) is 3.26. The molecule has 0 fully saturated rings. The minimum atomic E-state index is -0.0848. The molecule has 23 heavy (non-hydrogen) atoms. The van der Waals surface area contributed by atoms with E-state index in [1.54, 1.807) is 12.4 Å². The number of hydrogen-bond donors (Lipinski definition) is 2. The van der Waals surface area contributed by atoms with Crippen LogP contribution in [-0.4, -0.2) is 28.5 Å². The van der Waals surface area contributed by atoms with Crippen LogP contribution in [-0.2, 0) is 0 Å². The van der Waals surface area contributed by atoms with Crippen LogP contribution in [0.15, 0.2) is 48.8 Å². The second-order valence-corrected chi connectivity index (χ2v) is 5.85. The van der Waals surface area contributed by atoms with Crippen molar-refractivity contribution in [2.24, 2.45) is 0 Å². The molecule has 5 heteroatoms. The minimum Gasteiger partial charge on any atom is -0.493 e. The van der Waals surface area contributed by atoms with Crippen LogP contribution in [0.3, 0.4) is 0 Å². The third-order valence-electron chi connectivity index (χ3n) is 4.38. The maximum Gasteiger partial charge on any atom is 0.251 e. The molecule has 0 radical (unpaired) electrons. The van der Waals surface area contributed by atoms with E-state index in [2.05, 4.69) is 21.4 Å². The van der Waals surface area contributed by atoms with E-state index in [1.807, 2.05) is 37.3 Å². The molecule has 0 bridgehead atoms. The number of nitrogens with one attached hydrogen (secondary N) is 2. The van der Waals surface area contributed by atoms with Crippen LogP contribution in [0, 0.1) is 0 Å². The number of nitrogens with zero attached hydrogens (tertiary/aromatic N) is 1. The van der Waals surface area contributed by atoms with Crippen molar-refractivity contribution < 1.29 is 9.53 Å². The molecule has 0 saturated carbocycles. The highest BCUT2D eigenvalue weighted by molar-refractivity contribution is 5.97. The normalized spacial score (nSPS) is 17.5. The van der Waals surface area contributed by atoms with Gasteiger partial charge in [-0.2, -0.15) is 0 Å². The van der Waals surface area contributed by atoms with Crippen LogP contribution in [0.2, 0.25) is 0 Å². The molecule has 2 N–H and O–H groups in total. The summed E-state index contributed by atoms with van der Waals surface area (Å²) in [5.74, 6) is 1.00. The number of imidazole rings is 1. The highest BCUT2D eigenvalue weighted by Crippen LogP contribution is 2.35. The van der Waals surface area contributed by atoms with Gasteiger partial charge in [-0.05, 0) is 31.2 Å². The number of carbonyl (C=O) groups excluding carboxylic acids is 1. The van der Waals surface area contributed by atoms with E-state index in [-0.39, 0.29) is 17.9 Å². The summed E-state index contributed by atoms with van der Waals surface area (Å²) in [6, 6.07) is 13.4. The lowest BCUT2D eigenvalue weighted by Crippen LogP contribution is -2.37. The van der Waals surface area contributed by atoms with Crippen molar-refractivity contribution in [3.8, 4) is 5.75 Å². The molecule has 1 aliphatic rings. The van der Waals surface area contributed by atoms with Crippen LogP contribution in [0.5, 0.6) is 5.75 Å². The van der Waals surface area contributed by atoms with E-state index in [0.717, 1.165) is 22.3 Å². The number of amides is 1. The van der Waals surface area contributed by atoms with Crippen LogP contribution in [0.25, 0.3) is 11.0 Å². The topological polar surface area (TPSA) is 67.0 Å². The van der Waals surface area contributed by atoms with Crippen molar-refractivity contribution in [3.63, 3.8) is 0 Å². The maximum absolute atomic E-state index is 12.5. The smallest absolute Gasteiger partial charge is 0.251 e. The summed E-state index contributed by atoms with van der Waals surface area (Å²) in [5.41, 5.74) is 3.50. The van der Waals surface area contributed by atoms with Gasteiger partial charge in [0.25, 0.3) is 5.91 Å². The Hall–Kier alpha value is -2.82. The highest BCUT2D eigenvalue weighted by atomic mass is 16.5. The Morgan fingerprint density at radius 2 is 2.22 bits per heavy atom. The predicted molar refractivity (Wildman–Crippen MR) is 87.7 cm³/mol. The van der Waals surface area contributed by atoms with Gasteiger partial charge in [-0.25, -0.2) is 4.98 Å². The molecule has 1 aliphatic heterocycles. The first-order valence-corrected chi connectivity index (χ1v) is 7.68. The van der Waals surface area contributed by atoms with E-state index in [0.29, 0.717) is 12.2 Å². The molecule has 116 valence electrons.